The van der Waals surface area contributed by atoms with Gasteiger partial charge in [0.05, 0.1) is 11.7 Å². The van der Waals surface area contributed by atoms with Crippen LogP contribution in [0.15, 0.2) is 42.6 Å². The zero-order valence-electron chi connectivity index (χ0n) is 18.2. The van der Waals surface area contributed by atoms with E-state index in [9.17, 15) is 9.90 Å². The van der Waals surface area contributed by atoms with E-state index in [4.69, 9.17) is 9.72 Å². The second-order valence-corrected chi connectivity index (χ2v) is 14.7. The first-order chi connectivity index (χ1) is 14.3. The summed E-state index contributed by atoms with van der Waals surface area (Å²) in [6, 6.07) is 9.01. The lowest BCUT2D eigenvalue weighted by Gasteiger charge is -2.18. The molecule has 0 unspecified atom stereocenters. The Kier molecular flexibility index (Phi) is 7.50. The number of hydrogen-bond acceptors (Lipinski definition) is 3. The maximum Gasteiger partial charge on any atom is 0.405 e. The van der Waals surface area contributed by atoms with Crippen molar-refractivity contribution in [3.63, 3.8) is 0 Å². The third-order valence-corrected chi connectivity index (χ3v) is 7.00. The topological polar surface area (TPSA) is 76.4 Å². The van der Waals surface area contributed by atoms with E-state index in [1.807, 2.05) is 16.8 Å². The van der Waals surface area contributed by atoms with Crippen molar-refractivity contribution in [3.8, 4) is 11.3 Å². The van der Waals surface area contributed by atoms with E-state index in [-0.39, 0.29) is 0 Å². The van der Waals surface area contributed by atoms with Crippen LogP contribution >= 0.6 is 0 Å². The Morgan fingerprint density at radius 3 is 2.87 bits per heavy atom. The normalized spacial score (nSPS) is 18.0. The van der Waals surface area contributed by atoms with Crippen LogP contribution < -0.4 is 5.32 Å². The molecular weight excluding hydrogens is 394 g/mol. The quantitative estimate of drug-likeness (QED) is 0.365. The number of nitrogens with zero attached hydrogens (tertiary/aromatic N) is 2. The lowest BCUT2D eigenvalue weighted by atomic mass is 9.99. The summed E-state index contributed by atoms with van der Waals surface area (Å²) in [6.45, 7) is 8.06. The van der Waals surface area contributed by atoms with Crippen LogP contribution in [0.1, 0.15) is 36.7 Å². The van der Waals surface area contributed by atoms with Crippen LogP contribution in [0, 0.1) is 0 Å². The molecule has 7 heteroatoms. The van der Waals surface area contributed by atoms with Crippen LogP contribution in [0.25, 0.3) is 11.3 Å². The van der Waals surface area contributed by atoms with Crippen LogP contribution in [-0.2, 0) is 17.9 Å². The monoisotopic (exact) mass is 427 g/mol. The molecule has 6 nitrogen and oxygen atoms in total. The zero-order valence-corrected chi connectivity index (χ0v) is 19.2. The highest BCUT2D eigenvalue weighted by atomic mass is 28.3. The van der Waals surface area contributed by atoms with Gasteiger partial charge in [-0.2, -0.15) is 0 Å². The molecule has 0 saturated heterocycles. The number of hydrogen-bond donors (Lipinski definition) is 2. The number of benzene rings is 1. The van der Waals surface area contributed by atoms with Gasteiger partial charge in [-0.25, -0.2) is 9.78 Å². The summed E-state index contributed by atoms with van der Waals surface area (Å²) in [5.41, 5.74) is 3.25. The average Bonchev–Trinajstić information content (AvgIpc) is 3.09. The second-order valence-electron chi connectivity index (χ2n) is 9.06. The molecule has 1 aromatic heterocycles. The minimum atomic E-state index is -1.17. The maximum atomic E-state index is 11.4. The number of nitrogens with one attached hydrogen (secondary N) is 1. The summed E-state index contributed by atoms with van der Waals surface area (Å²) >= 11 is 0. The Bertz CT molecular complexity index is 886. The van der Waals surface area contributed by atoms with Crippen molar-refractivity contribution in [2.45, 2.75) is 64.1 Å². The van der Waals surface area contributed by atoms with Gasteiger partial charge in [-0.15, -0.1) is 0 Å². The Morgan fingerprint density at radius 1 is 1.30 bits per heavy atom. The van der Waals surface area contributed by atoms with E-state index in [2.05, 4.69) is 55.3 Å². The summed E-state index contributed by atoms with van der Waals surface area (Å²) < 4.78 is 7.94. The Balaban J connectivity index is 1.94. The maximum absolute atomic E-state index is 11.4. The minimum absolute atomic E-state index is 0.372. The number of aryl methyl sites for hydroxylation is 1. The van der Waals surface area contributed by atoms with Crippen molar-refractivity contribution in [2.24, 2.45) is 0 Å². The number of fused-ring (bicyclic) bond motifs is 4. The predicted octanol–water partition coefficient (Wildman–Crippen LogP) is 5.45. The Labute approximate surface area is 180 Å². The number of carboxylic acid groups (broad SMARTS) is 1. The molecule has 1 atom stereocenters. The van der Waals surface area contributed by atoms with E-state index >= 15 is 0 Å². The van der Waals surface area contributed by atoms with Gasteiger partial charge in [0, 0.05) is 26.4 Å². The molecule has 1 aliphatic rings. The Morgan fingerprint density at radius 2 is 2.10 bits per heavy atom. The molecule has 0 aliphatic carbocycles. The van der Waals surface area contributed by atoms with E-state index in [1.54, 1.807) is 0 Å². The Hall–Kier alpha value is -2.38. The molecule has 0 fully saturated rings. The van der Waals surface area contributed by atoms with Crippen molar-refractivity contribution < 1.29 is 14.6 Å². The summed E-state index contributed by atoms with van der Waals surface area (Å²) in [4.78, 5) is 16.3. The van der Waals surface area contributed by atoms with E-state index in [1.165, 1.54) is 5.56 Å². The molecule has 30 heavy (non-hydrogen) atoms. The van der Waals surface area contributed by atoms with Crippen molar-refractivity contribution in [1.29, 1.82) is 0 Å². The summed E-state index contributed by atoms with van der Waals surface area (Å²) in [5.74, 6) is 0.695. The van der Waals surface area contributed by atoms with Crippen LogP contribution in [0.2, 0.25) is 25.7 Å². The van der Waals surface area contributed by atoms with Gasteiger partial charge in [0.1, 0.15) is 12.6 Å². The van der Waals surface area contributed by atoms with Crippen LogP contribution in [0.4, 0.5) is 4.79 Å². The molecule has 0 radical (unpaired) electrons. The van der Waals surface area contributed by atoms with Gasteiger partial charge < -0.3 is 19.7 Å². The summed E-state index contributed by atoms with van der Waals surface area (Å²) in [5, 5.41) is 12.0. The van der Waals surface area contributed by atoms with E-state index in [0.717, 1.165) is 36.6 Å². The zero-order chi connectivity index (χ0) is 21.6. The molecule has 1 aromatic carbocycles. The molecule has 2 N–H and O–H groups in total. The molecule has 2 heterocycles. The first kappa shape index (κ1) is 22.3. The number of rotatable bonds is 6. The molecule has 0 spiro atoms. The number of imidazole rings is 1. The summed E-state index contributed by atoms with van der Waals surface area (Å²) in [7, 11) is -1.17. The highest BCUT2D eigenvalue weighted by Crippen LogP contribution is 2.28. The lowest BCUT2D eigenvalue weighted by Crippen LogP contribution is -2.29. The fourth-order valence-corrected chi connectivity index (χ4v) is 4.37. The SMILES string of the molecule is C[Si](C)(C)CCOCn1cc2nc1[C@@H](NC(=O)O)C/C=C\CCCc1ccccc1-2. The molecule has 0 saturated carbocycles. The highest BCUT2D eigenvalue weighted by molar-refractivity contribution is 6.76. The van der Waals surface area contributed by atoms with Gasteiger partial charge in [-0.05, 0) is 37.3 Å². The van der Waals surface area contributed by atoms with Crippen molar-refractivity contribution in [3.05, 3.63) is 54.0 Å². The first-order valence-electron chi connectivity index (χ1n) is 10.7. The predicted molar refractivity (Wildman–Crippen MR) is 122 cm³/mol. The van der Waals surface area contributed by atoms with E-state index in [0.29, 0.717) is 25.6 Å². The third-order valence-electron chi connectivity index (χ3n) is 5.29. The smallest absolute Gasteiger partial charge is 0.405 e. The number of ether oxygens (including phenoxy) is 1. The minimum Gasteiger partial charge on any atom is -0.465 e. The largest absolute Gasteiger partial charge is 0.465 e. The molecule has 1 amide bonds. The average molecular weight is 428 g/mol. The van der Waals surface area contributed by atoms with Crippen LogP contribution in [0.3, 0.4) is 0 Å². The molecule has 3 rings (SSSR count). The molecule has 1 aliphatic heterocycles. The fourth-order valence-electron chi connectivity index (χ4n) is 3.61. The van der Waals surface area contributed by atoms with Gasteiger partial charge in [0.15, 0.2) is 0 Å². The molecule has 2 aromatic rings. The number of allylic oxidation sites excluding steroid dienone is 1. The van der Waals surface area contributed by atoms with Gasteiger partial charge >= 0.3 is 6.09 Å². The van der Waals surface area contributed by atoms with Crippen LogP contribution in [0.5, 0.6) is 0 Å². The van der Waals surface area contributed by atoms with Gasteiger partial charge in [-0.1, -0.05) is 56.1 Å². The fraction of sp³-hybridized carbons (Fsp3) is 0.478. The number of amides is 1. The van der Waals surface area contributed by atoms with Crippen molar-refractivity contribution in [1.82, 2.24) is 14.9 Å². The van der Waals surface area contributed by atoms with Gasteiger partial charge in [0.25, 0.3) is 0 Å². The van der Waals surface area contributed by atoms with Crippen molar-refractivity contribution >= 4 is 14.2 Å². The first-order valence-corrected chi connectivity index (χ1v) is 14.4. The molecule has 162 valence electrons. The standard InChI is InChI=1S/C23H33N3O3Si/c1-30(2,3)15-14-29-17-26-16-21-19-12-9-8-11-18(19)10-6-4-5-7-13-20(22(26)24-21)25-23(27)28/h5,7-9,11-12,16,20,25H,4,6,10,13-15,17H2,1-3H3,(H,27,28)/b7-5-/t20-/m0/s1. The summed E-state index contributed by atoms with van der Waals surface area (Å²) in [6.07, 6.45) is 8.74. The number of carbonyl (C=O) groups is 1. The number of aromatic nitrogens is 2. The molecular formula is C23H33N3O3Si. The highest BCUT2D eigenvalue weighted by Gasteiger charge is 2.22. The lowest BCUT2D eigenvalue weighted by molar-refractivity contribution is 0.0837. The molecule has 2 bridgehead atoms. The van der Waals surface area contributed by atoms with E-state index < -0.39 is 20.2 Å². The second kappa shape index (κ2) is 10.1. The van der Waals surface area contributed by atoms with Crippen LogP contribution in [-0.4, -0.2) is 35.4 Å². The van der Waals surface area contributed by atoms with Gasteiger partial charge in [-0.3, -0.25) is 0 Å². The third kappa shape index (κ3) is 6.31. The van der Waals surface area contributed by atoms with Crippen molar-refractivity contribution in [2.75, 3.05) is 6.61 Å². The van der Waals surface area contributed by atoms with Gasteiger partial charge in [0.2, 0.25) is 0 Å².